The summed E-state index contributed by atoms with van der Waals surface area (Å²) in [6.45, 7) is 0.226. The molecule has 19 heavy (non-hydrogen) atoms. The lowest BCUT2D eigenvalue weighted by atomic mass is 10.2. The summed E-state index contributed by atoms with van der Waals surface area (Å²) in [5, 5.41) is 7.59. The zero-order chi connectivity index (χ0) is 13.7. The van der Waals surface area contributed by atoms with Crippen LogP contribution in [0.25, 0.3) is 11.5 Å². The van der Waals surface area contributed by atoms with E-state index in [9.17, 15) is 8.42 Å². The first-order chi connectivity index (χ1) is 9.04. The number of nitrogens with zero attached hydrogens (tertiary/aromatic N) is 2. The second-order valence-corrected chi connectivity index (χ2v) is 6.33. The van der Waals surface area contributed by atoms with Crippen LogP contribution in [0.4, 0.5) is 0 Å². The van der Waals surface area contributed by atoms with E-state index in [-0.39, 0.29) is 18.4 Å². The molecular weight excluding hydrogens is 268 g/mol. The van der Waals surface area contributed by atoms with Crippen LogP contribution in [0.3, 0.4) is 0 Å². The molecule has 0 amide bonds. The molecule has 102 valence electrons. The van der Waals surface area contributed by atoms with E-state index in [4.69, 9.17) is 9.15 Å². The van der Waals surface area contributed by atoms with Gasteiger partial charge in [-0.3, -0.25) is 0 Å². The highest BCUT2D eigenvalue weighted by Gasteiger charge is 2.09. The smallest absolute Gasteiger partial charge is 0.414 e. The van der Waals surface area contributed by atoms with E-state index >= 15 is 0 Å². The Morgan fingerprint density at radius 1 is 1.21 bits per heavy atom. The van der Waals surface area contributed by atoms with Gasteiger partial charge in [-0.1, -0.05) is 23.3 Å². The van der Waals surface area contributed by atoms with Crippen molar-refractivity contribution in [2.45, 2.75) is 6.42 Å². The van der Waals surface area contributed by atoms with Gasteiger partial charge >= 0.3 is 6.08 Å². The quantitative estimate of drug-likeness (QED) is 0.748. The van der Waals surface area contributed by atoms with Crippen molar-refractivity contribution in [3.05, 3.63) is 30.3 Å². The van der Waals surface area contributed by atoms with Crippen LogP contribution < -0.4 is 4.74 Å². The van der Waals surface area contributed by atoms with Crippen molar-refractivity contribution in [1.29, 1.82) is 0 Å². The van der Waals surface area contributed by atoms with Crippen molar-refractivity contribution >= 4 is 9.84 Å². The Morgan fingerprint density at radius 2 is 1.95 bits per heavy atom. The summed E-state index contributed by atoms with van der Waals surface area (Å²) in [7, 11) is -2.96. The Labute approximate surface area is 111 Å². The summed E-state index contributed by atoms with van der Waals surface area (Å²) in [4.78, 5) is 0. The SMILES string of the molecule is CS(=O)(=O)CCCOc1nnc(-c2ccccc2)o1. The van der Waals surface area contributed by atoms with Gasteiger partial charge in [-0.15, -0.1) is 5.10 Å². The van der Waals surface area contributed by atoms with Gasteiger partial charge in [-0.2, -0.15) is 0 Å². The van der Waals surface area contributed by atoms with E-state index in [0.717, 1.165) is 5.56 Å². The minimum Gasteiger partial charge on any atom is -0.449 e. The maximum Gasteiger partial charge on any atom is 0.414 e. The van der Waals surface area contributed by atoms with Crippen molar-refractivity contribution in [2.75, 3.05) is 18.6 Å². The summed E-state index contributed by atoms with van der Waals surface area (Å²) >= 11 is 0. The second kappa shape index (κ2) is 5.83. The van der Waals surface area contributed by atoms with Gasteiger partial charge in [-0.05, 0) is 18.6 Å². The summed E-state index contributed by atoms with van der Waals surface area (Å²) < 4.78 is 32.4. The first-order valence-corrected chi connectivity index (χ1v) is 7.80. The Kier molecular flexibility index (Phi) is 4.16. The van der Waals surface area contributed by atoms with Crippen molar-refractivity contribution < 1.29 is 17.6 Å². The summed E-state index contributed by atoms with van der Waals surface area (Å²) in [6.07, 6.45) is 1.63. The molecule has 0 radical (unpaired) electrons. The fourth-order valence-corrected chi connectivity index (χ4v) is 2.09. The number of sulfone groups is 1. The van der Waals surface area contributed by atoms with Gasteiger partial charge in [0.05, 0.1) is 12.4 Å². The lowest BCUT2D eigenvalue weighted by Crippen LogP contribution is -2.08. The normalized spacial score (nSPS) is 11.4. The number of benzene rings is 1. The second-order valence-electron chi connectivity index (χ2n) is 4.07. The molecule has 0 bridgehead atoms. The average Bonchev–Trinajstić information content (AvgIpc) is 2.83. The number of hydrogen-bond donors (Lipinski definition) is 0. The Morgan fingerprint density at radius 3 is 2.63 bits per heavy atom. The molecule has 0 unspecified atom stereocenters. The third-order valence-electron chi connectivity index (χ3n) is 2.31. The molecule has 6 nitrogen and oxygen atoms in total. The van der Waals surface area contributed by atoms with Crippen molar-refractivity contribution in [3.8, 4) is 17.5 Å². The van der Waals surface area contributed by atoms with E-state index < -0.39 is 9.84 Å². The predicted molar refractivity (Wildman–Crippen MR) is 69.6 cm³/mol. The monoisotopic (exact) mass is 282 g/mol. The Hall–Kier alpha value is -1.89. The van der Waals surface area contributed by atoms with Crippen molar-refractivity contribution in [3.63, 3.8) is 0 Å². The molecule has 1 heterocycles. The predicted octanol–water partition coefficient (Wildman–Crippen LogP) is 1.55. The van der Waals surface area contributed by atoms with Gasteiger partial charge in [0.25, 0.3) is 5.89 Å². The summed E-state index contributed by atoms with van der Waals surface area (Å²) in [5.74, 6) is 0.450. The van der Waals surface area contributed by atoms with Crippen molar-refractivity contribution in [2.24, 2.45) is 0 Å². The lowest BCUT2D eigenvalue weighted by Gasteiger charge is -1.99. The van der Waals surface area contributed by atoms with E-state index in [1.165, 1.54) is 6.26 Å². The Balaban J connectivity index is 1.88. The van der Waals surface area contributed by atoms with Gasteiger partial charge < -0.3 is 9.15 Å². The van der Waals surface area contributed by atoms with E-state index in [2.05, 4.69) is 10.2 Å². The number of rotatable bonds is 6. The number of aromatic nitrogens is 2. The van der Waals surface area contributed by atoms with Crippen LogP contribution in [0.2, 0.25) is 0 Å². The van der Waals surface area contributed by atoms with E-state index in [0.29, 0.717) is 12.3 Å². The van der Waals surface area contributed by atoms with Crippen LogP contribution in [0.5, 0.6) is 6.08 Å². The largest absolute Gasteiger partial charge is 0.449 e. The molecular formula is C12H14N2O4S. The zero-order valence-electron chi connectivity index (χ0n) is 10.4. The maximum atomic E-state index is 10.9. The van der Waals surface area contributed by atoms with E-state index in [1.807, 2.05) is 30.3 Å². The molecule has 1 aromatic heterocycles. The average molecular weight is 282 g/mol. The van der Waals surface area contributed by atoms with Gasteiger partial charge in [0.15, 0.2) is 0 Å². The molecule has 0 spiro atoms. The molecule has 0 atom stereocenters. The molecule has 0 saturated carbocycles. The highest BCUT2D eigenvalue weighted by Crippen LogP contribution is 2.20. The van der Waals surface area contributed by atoms with Gasteiger partial charge in [0.1, 0.15) is 9.84 Å². The highest BCUT2D eigenvalue weighted by molar-refractivity contribution is 7.90. The van der Waals surface area contributed by atoms with Crippen LogP contribution in [0.1, 0.15) is 6.42 Å². The summed E-state index contributed by atoms with van der Waals surface area (Å²) in [5.41, 5.74) is 0.806. The molecule has 7 heteroatoms. The van der Waals surface area contributed by atoms with Crippen LogP contribution in [-0.4, -0.2) is 37.2 Å². The topological polar surface area (TPSA) is 82.3 Å². The molecule has 0 fully saturated rings. The molecule has 2 rings (SSSR count). The third-order valence-corrected chi connectivity index (χ3v) is 3.34. The number of hydrogen-bond acceptors (Lipinski definition) is 6. The Bertz CT molecular complexity index is 622. The molecule has 0 aliphatic heterocycles. The van der Waals surface area contributed by atoms with Gasteiger partial charge in [-0.25, -0.2) is 8.42 Å². The molecule has 1 aromatic carbocycles. The third kappa shape index (κ3) is 4.36. The van der Waals surface area contributed by atoms with E-state index in [1.54, 1.807) is 0 Å². The molecule has 0 aliphatic carbocycles. The van der Waals surface area contributed by atoms with Gasteiger partial charge in [0, 0.05) is 11.8 Å². The van der Waals surface area contributed by atoms with Crippen LogP contribution >= 0.6 is 0 Å². The molecule has 2 aromatic rings. The van der Waals surface area contributed by atoms with Crippen LogP contribution in [0, 0.1) is 0 Å². The van der Waals surface area contributed by atoms with Crippen molar-refractivity contribution in [1.82, 2.24) is 10.2 Å². The fourth-order valence-electron chi connectivity index (χ4n) is 1.45. The standard InChI is InChI=1S/C12H14N2O4S/c1-19(15,16)9-5-8-17-12-14-13-11(18-12)10-6-3-2-4-7-10/h2-4,6-7H,5,8-9H2,1H3. The lowest BCUT2D eigenvalue weighted by molar-refractivity contribution is 0.233. The maximum absolute atomic E-state index is 10.9. The van der Waals surface area contributed by atoms with Crippen LogP contribution in [0.15, 0.2) is 34.7 Å². The molecule has 0 saturated heterocycles. The molecule has 0 aliphatic rings. The minimum atomic E-state index is -2.96. The first-order valence-electron chi connectivity index (χ1n) is 5.74. The summed E-state index contributed by atoms with van der Waals surface area (Å²) in [6, 6.07) is 9.32. The first kappa shape index (κ1) is 13.5. The highest BCUT2D eigenvalue weighted by atomic mass is 32.2. The fraction of sp³-hybridized carbons (Fsp3) is 0.333. The number of ether oxygens (including phenoxy) is 1. The van der Waals surface area contributed by atoms with Gasteiger partial charge in [0.2, 0.25) is 0 Å². The zero-order valence-corrected chi connectivity index (χ0v) is 11.3. The molecule has 0 N–H and O–H groups in total. The minimum absolute atomic E-state index is 0.0485. The van der Waals surface area contributed by atoms with Crippen LogP contribution in [-0.2, 0) is 9.84 Å².